The molecule has 0 radical (unpaired) electrons. The highest BCUT2D eigenvalue weighted by Gasteiger charge is 2.08. The van der Waals surface area contributed by atoms with Crippen molar-refractivity contribution in [3.8, 4) is 0 Å². The highest BCUT2D eigenvalue weighted by molar-refractivity contribution is 5.81. The zero-order valence-corrected chi connectivity index (χ0v) is 11.3. The van der Waals surface area contributed by atoms with Crippen molar-refractivity contribution >= 4 is 5.97 Å². The molecule has 0 rings (SSSR count). The first-order chi connectivity index (χ1) is 8.24. The molecule has 0 aliphatic carbocycles. The Morgan fingerprint density at radius 2 is 1.71 bits per heavy atom. The standard InChI is InChI=1S/C14H25NO2/c1-4-7-10-11-14(16)17-15(12-8-5-2)13-9-6-3/h4,7,10-11H,5-6,8-9,12-13H2,1-3H3/b7-4+,11-10+. The van der Waals surface area contributed by atoms with Crippen LogP contribution < -0.4 is 0 Å². The summed E-state index contributed by atoms with van der Waals surface area (Å²) < 4.78 is 0. The highest BCUT2D eigenvalue weighted by atomic mass is 16.7. The molecule has 17 heavy (non-hydrogen) atoms. The van der Waals surface area contributed by atoms with Crippen LogP contribution in [0.15, 0.2) is 24.3 Å². The van der Waals surface area contributed by atoms with E-state index in [9.17, 15) is 4.79 Å². The fourth-order valence-electron chi connectivity index (χ4n) is 1.27. The third-order valence-corrected chi connectivity index (χ3v) is 2.28. The smallest absolute Gasteiger partial charge is 0.349 e. The van der Waals surface area contributed by atoms with Crippen molar-refractivity contribution in [2.24, 2.45) is 0 Å². The Labute approximate surface area is 105 Å². The summed E-state index contributed by atoms with van der Waals surface area (Å²) in [5.74, 6) is -0.296. The predicted octanol–water partition coefficient (Wildman–Crippen LogP) is 3.48. The minimum Gasteiger partial charge on any atom is -0.364 e. The van der Waals surface area contributed by atoms with E-state index in [0.717, 1.165) is 38.8 Å². The van der Waals surface area contributed by atoms with E-state index < -0.39 is 0 Å². The molecule has 0 spiro atoms. The molecule has 0 heterocycles. The zero-order chi connectivity index (χ0) is 12.9. The maximum Gasteiger partial charge on any atom is 0.349 e. The molecule has 98 valence electrons. The van der Waals surface area contributed by atoms with Crippen LogP contribution in [0, 0.1) is 0 Å². The molecule has 3 nitrogen and oxygen atoms in total. The summed E-state index contributed by atoms with van der Waals surface area (Å²) in [5.41, 5.74) is 0. The Morgan fingerprint density at radius 1 is 1.12 bits per heavy atom. The normalized spacial score (nSPS) is 11.8. The molecule has 0 atom stereocenters. The molecular weight excluding hydrogens is 214 g/mol. The van der Waals surface area contributed by atoms with Crippen LogP contribution in [0.5, 0.6) is 0 Å². The molecule has 0 aromatic heterocycles. The fraction of sp³-hybridized carbons (Fsp3) is 0.643. The molecule has 0 aliphatic heterocycles. The van der Waals surface area contributed by atoms with Gasteiger partial charge in [-0.1, -0.05) is 44.9 Å². The second kappa shape index (κ2) is 11.4. The number of carbonyl (C=O) groups is 1. The SMILES string of the molecule is C/C=C/C=C/C(=O)ON(CCCC)CCCC. The summed E-state index contributed by atoms with van der Waals surface area (Å²) in [6.45, 7) is 7.81. The number of rotatable bonds is 9. The molecule has 0 amide bonds. The molecule has 0 aliphatic rings. The first-order valence-corrected chi connectivity index (χ1v) is 6.50. The van der Waals surface area contributed by atoms with E-state index in [1.807, 2.05) is 19.1 Å². The van der Waals surface area contributed by atoms with Crippen LogP contribution in [0.3, 0.4) is 0 Å². The average Bonchev–Trinajstić information content (AvgIpc) is 2.33. The molecule has 0 fully saturated rings. The van der Waals surface area contributed by atoms with Gasteiger partial charge in [0.15, 0.2) is 0 Å². The Balaban J connectivity index is 4.06. The minimum absolute atomic E-state index is 0.296. The Hall–Kier alpha value is -1.09. The van der Waals surface area contributed by atoms with Crippen LogP contribution in [0.2, 0.25) is 0 Å². The number of hydrogen-bond acceptors (Lipinski definition) is 3. The van der Waals surface area contributed by atoms with E-state index in [2.05, 4.69) is 13.8 Å². The minimum atomic E-state index is -0.296. The Bertz CT molecular complexity index is 239. The van der Waals surface area contributed by atoms with Crippen molar-refractivity contribution in [2.45, 2.75) is 46.5 Å². The maximum absolute atomic E-state index is 11.5. The van der Waals surface area contributed by atoms with Crippen LogP contribution >= 0.6 is 0 Å². The lowest BCUT2D eigenvalue weighted by Crippen LogP contribution is -2.28. The van der Waals surface area contributed by atoms with Gasteiger partial charge in [0, 0.05) is 19.2 Å². The first kappa shape index (κ1) is 15.9. The van der Waals surface area contributed by atoms with E-state index in [1.54, 1.807) is 11.1 Å². The topological polar surface area (TPSA) is 29.5 Å². The van der Waals surface area contributed by atoms with Crippen molar-refractivity contribution in [3.63, 3.8) is 0 Å². The number of unbranched alkanes of at least 4 members (excludes halogenated alkanes) is 2. The van der Waals surface area contributed by atoms with Crippen LogP contribution in [0.4, 0.5) is 0 Å². The highest BCUT2D eigenvalue weighted by Crippen LogP contribution is 2.01. The maximum atomic E-state index is 11.5. The second-order valence-electron chi connectivity index (χ2n) is 3.93. The van der Waals surface area contributed by atoms with Crippen molar-refractivity contribution in [2.75, 3.05) is 13.1 Å². The van der Waals surface area contributed by atoms with E-state index >= 15 is 0 Å². The van der Waals surface area contributed by atoms with Crippen molar-refractivity contribution in [3.05, 3.63) is 24.3 Å². The number of nitrogens with zero attached hydrogens (tertiary/aromatic N) is 1. The molecule has 0 unspecified atom stereocenters. The largest absolute Gasteiger partial charge is 0.364 e. The summed E-state index contributed by atoms with van der Waals surface area (Å²) in [6.07, 6.45) is 11.1. The van der Waals surface area contributed by atoms with Gasteiger partial charge in [-0.25, -0.2) is 4.79 Å². The van der Waals surface area contributed by atoms with Gasteiger partial charge in [-0.2, -0.15) is 0 Å². The fourth-order valence-corrected chi connectivity index (χ4v) is 1.27. The number of allylic oxidation sites excluding steroid dienone is 3. The van der Waals surface area contributed by atoms with Crippen LogP contribution in [-0.4, -0.2) is 24.1 Å². The molecule has 0 saturated carbocycles. The first-order valence-electron chi connectivity index (χ1n) is 6.50. The molecular formula is C14H25NO2. The van der Waals surface area contributed by atoms with E-state index in [0.29, 0.717) is 0 Å². The van der Waals surface area contributed by atoms with E-state index in [1.165, 1.54) is 6.08 Å². The summed E-state index contributed by atoms with van der Waals surface area (Å²) in [6, 6.07) is 0. The molecule has 0 saturated heterocycles. The molecule has 3 heteroatoms. The van der Waals surface area contributed by atoms with E-state index in [-0.39, 0.29) is 5.97 Å². The summed E-state index contributed by atoms with van der Waals surface area (Å²) in [5, 5.41) is 1.77. The number of hydrogen-bond donors (Lipinski definition) is 0. The third kappa shape index (κ3) is 9.82. The molecule has 0 aromatic rings. The van der Waals surface area contributed by atoms with Gasteiger partial charge < -0.3 is 4.84 Å². The van der Waals surface area contributed by atoms with Gasteiger partial charge in [0.2, 0.25) is 0 Å². The zero-order valence-electron chi connectivity index (χ0n) is 11.3. The van der Waals surface area contributed by atoms with Crippen molar-refractivity contribution in [1.82, 2.24) is 5.06 Å². The van der Waals surface area contributed by atoms with Gasteiger partial charge in [0.05, 0.1) is 0 Å². The average molecular weight is 239 g/mol. The monoisotopic (exact) mass is 239 g/mol. The summed E-state index contributed by atoms with van der Waals surface area (Å²) in [7, 11) is 0. The van der Waals surface area contributed by atoms with Gasteiger partial charge in [0.1, 0.15) is 0 Å². The Morgan fingerprint density at radius 3 is 2.18 bits per heavy atom. The summed E-state index contributed by atoms with van der Waals surface area (Å²) >= 11 is 0. The predicted molar refractivity (Wildman–Crippen MR) is 71.4 cm³/mol. The van der Waals surface area contributed by atoms with Gasteiger partial charge in [-0.05, 0) is 19.8 Å². The van der Waals surface area contributed by atoms with Crippen LogP contribution in [0.25, 0.3) is 0 Å². The van der Waals surface area contributed by atoms with Gasteiger partial charge in [0.25, 0.3) is 0 Å². The van der Waals surface area contributed by atoms with Gasteiger partial charge >= 0.3 is 5.97 Å². The molecule has 0 aromatic carbocycles. The lowest BCUT2D eigenvalue weighted by Gasteiger charge is -2.19. The summed E-state index contributed by atoms with van der Waals surface area (Å²) in [4.78, 5) is 16.7. The molecule has 0 N–H and O–H groups in total. The van der Waals surface area contributed by atoms with Gasteiger partial charge in [-0.15, -0.1) is 5.06 Å². The lowest BCUT2D eigenvalue weighted by molar-refractivity contribution is -0.184. The third-order valence-electron chi connectivity index (χ3n) is 2.28. The second-order valence-corrected chi connectivity index (χ2v) is 3.93. The lowest BCUT2D eigenvalue weighted by atomic mass is 10.3. The number of carbonyl (C=O) groups excluding carboxylic acids is 1. The van der Waals surface area contributed by atoms with Crippen LogP contribution in [-0.2, 0) is 9.63 Å². The van der Waals surface area contributed by atoms with Gasteiger partial charge in [-0.3, -0.25) is 0 Å². The van der Waals surface area contributed by atoms with Crippen molar-refractivity contribution in [1.29, 1.82) is 0 Å². The Kier molecular flexibility index (Phi) is 10.7. The molecule has 0 bridgehead atoms. The van der Waals surface area contributed by atoms with E-state index in [4.69, 9.17) is 4.84 Å². The van der Waals surface area contributed by atoms with Crippen LogP contribution in [0.1, 0.15) is 46.5 Å². The number of hydroxylamine groups is 2. The quantitative estimate of drug-likeness (QED) is 0.350. The van der Waals surface area contributed by atoms with Crippen molar-refractivity contribution < 1.29 is 9.63 Å².